The second kappa shape index (κ2) is 4.92. The molecule has 19 heavy (non-hydrogen) atoms. The maximum Gasteiger partial charge on any atom is 0.171 e. The average Bonchev–Trinajstić information content (AvgIpc) is 2.97. The normalized spacial score (nSPS) is 10.9. The van der Waals surface area contributed by atoms with E-state index in [1.807, 2.05) is 25.4 Å². The number of thiophene rings is 1. The molecule has 3 heterocycles. The van der Waals surface area contributed by atoms with Gasteiger partial charge in [-0.3, -0.25) is 4.68 Å². The second-order valence-electron chi connectivity index (χ2n) is 3.91. The van der Waals surface area contributed by atoms with Gasteiger partial charge in [-0.25, -0.2) is 9.97 Å². The van der Waals surface area contributed by atoms with E-state index in [2.05, 4.69) is 15.1 Å². The van der Waals surface area contributed by atoms with Gasteiger partial charge in [0.15, 0.2) is 5.82 Å². The standard InChI is InChI=1S/C12H8Cl2N4S/c1-18-6-7(5-15-18)8-4-10(13)17-12(16-8)9-2-3-11(14)19-9/h2-6H,1H3. The van der Waals surface area contributed by atoms with E-state index in [9.17, 15) is 0 Å². The van der Waals surface area contributed by atoms with Crippen LogP contribution >= 0.6 is 34.5 Å². The van der Waals surface area contributed by atoms with Crippen molar-refractivity contribution in [3.05, 3.63) is 40.1 Å². The third-order valence-electron chi connectivity index (χ3n) is 2.49. The van der Waals surface area contributed by atoms with Crippen LogP contribution in [-0.4, -0.2) is 19.7 Å². The molecule has 0 fully saturated rings. The van der Waals surface area contributed by atoms with Crippen molar-refractivity contribution in [1.29, 1.82) is 0 Å². The fourth-order valence-electron chi connectivity index (χ4n) is 1.66. The van der Waals surface area contributed by atoms with Crippen molar-refractivity contribution >= 4 is 34.5 Å². The summed E-state index contributed by atoms with van der Waals surface area (Å²) in [4.78, 5) is 9.62. The van der Waals surface area contributed by atoms with Gasteiger partial charge < -0.3 is 0 Å². The Morgan fingerprint density at radius 1 is 1.21 bits per heavy atom. The zero-order chi connectivity index (χ0) is 13.4. The smallest absolute Gasteiger partial charge is 0.171 e. The Hall–Kier alpha value is -1.43. The van der Waals surface area contributed by atoms with Crippen LogP contribution in [0.1, 0.15) is 0 Å². The molecule has 0 aliphatic heterocycles. The van der Waals surface area contributed by atoms with Crippen LogP contribution in [0.2, 0.25) is 9.49 Å². The van der Waals surface area contributed by atoms with Crippen LogP contribution in [0.4, 0.5) is 0 Å². The van der Waals surface area contributed by atoms with Crippen LogP contribution in [0.25, 0.3) is 22.0 Å². The lowest BCUT2D eigenvalue weighted by Gasteiger charge is -2.01. The van der Waals surface area contributed by atoms with Gasteiger partial charge in [0.1, 0.15) is 5.15 Å². The molecule has 0 amide bonds. The van der Waals surface area contributed by atoms with Crippen LogP contribution in [0.3, 0.4) is 0 Å². The molecule has 0 N–H and O–H groups in total. The minimum absolute atomic E-state index is 0.397. The van der Waals surface area contributed by atoms with Crippen molar-refractivity contribution in [2.75, 3.05) is 0 Å². The van der Waals surface area contributed by atoms with Gasteiger partial charge in [0.05, 0.1) is 21.1 Å². The van der Waals surface area contributed by atoms with E-state index in [-0.39, 0.29) is 0 Å². The van der Waals surface area contributed by atoms with Crippen LogP contribution in [-0.2, 0) is 7.05 Å². The molecule has 4 nitrogen and oxygen atoms in total. The van der Waals surface area contributed by atoms with E-state index < -0.39 is 0 Å². The number of nitrogens with zero attached hydrogens (tertiary/aromatic N) is 4. The molecule has 7 heteroatoms. The fourth-order valence-corrected chi connectivity index (χ4v) is 2.82. The molecule has 3 rings (SSSR count). The van der Waals surface area contributed by atoms with Crippen molar-refractivity contribution < 1.29 is 0 Å². The number of hydrogen-bond donors (Lipinski definition) is 0. The van der Waals surface area contributed by atoms with Gasteiger partial charge in [0, 0.05) is 24.9 Å². The molecule has 0 saturated heterocycles. The Bertz CT molecular complexity index is 676. The zero-order valence-electron chi connectivity index (χ0n) is 9.84. The number of halogens is 2. The highest BCUT2D eigenvalue weighted by Crippen LogP contribution is 2.31. The van der Waals surface area contributed by atoms with Crippen LogP contribution < -0.4 is 0 Å². The second-order valence-corrected chi connectivity index (χ2v) is 6.01. The summed E-state index contributed by atoms with van der Waals surface area (Å²) < 4.78 is 2.41. The maximum absolute atomic E-state index is 6.06. The molecule has 0 radical (unpaired) electrons. The number of aromatic nitrogens is 4. The number of hydrogen-bond acceptors (Lipinski definition) is 4. The minimum atomic E-state index is 0.397. The molecular formula is C12H8Cl2N4S. The molecule has 0 unspecified atom stereocenters. The SMILES string of the molecule is Cn1cc(-c2cc(Cl)nc(-c3ccc(Cl)s3)n2)cn1. The van der Waals surface area contributed by atoms with E-state index in [0.29, 0.717) is 15.3 Å². The van der Waals surface area contributed by atoms with Crippen molar-refractivity contribution in [2.24, 2.45) is 7.05 Å². The third-order valence-corrected chi connectivity index (χ3v) is 3.91. The minimum Gasteiger partial charge on any atom is -0.275 e. The van der Waals surface area contributed by atoms with Crippen molar-refractivity contribution in [2.45, 2.75) is 0 Å². The van der Waals surface area contributed by atoms with E-state index in [0.717, 1.165) is 16.1 Å². The summed E-state index contributed by atoms with van der Waals surface area (Å²) >= 11 is 13.4. The molecule has 0 aliphatic rings. The highest BCUT2D eigenvalue weighted by molar-refractivity contribution is 7.19. The lowest BCUT2D eigenvalue weighted by molar-refractivity contribution is 0.768. The first kappa shape index (κ1) is 12.6. The maximum atomic E-state index is 6.06. The van der Waals surface area contributed by atoms with Gasteiger partial charge in [0.25, 0.3) is 0 Å². The van der Waals surface area contributed by atoms with Crippen molar-refractivity contribution in [1.82, 2.24) is 19.7 Å². The Balaban J connectivity index is 2.10. The summed E-state index contributed by atoms with van der Waals surface area (Å²) in [6.45, 7) is 0. The average molecular weight is 311 g/mol. The fraction of sp³-hybridized carbons (Fsp3) is 0.0833. The quantitative estimate of drug-likeness (QED) is 0.674. The first-order valence-corrected chi connectivity index (χ1v) is 6.98. The Kier molecular flexibility index (Phi) is 3.26. The lowest BCUT2D eigenvalue weighted by Crippen LogP contribution is -1.91. The van der Waals surface area contributed by atoms with Gasteiger partial charge in [-0.15, -0.1) is 11.3 Å². The predicted octanol–water partition coefficient (Wildman–Crippen LogP) is 3.91. The molecule has 0 aromatic carbocycles. The van der Waals surface area contributed by atoms with Gasteiger partial charge in [-0.2, -0.15) is 5.10 Å². The van der Waals surface area contributed by atoms with Crippen molar-refractivity contribution in [3.8, 4) is 22.0 Å². The van der Waals surface area contributed by atoms with E-state index in [1.54, 1.807) is 16.9 Å². The van der Waals surface area contributed by atoms with Crippen LogP contribution in [0, 0.1) is 0 Å². The summed E-state index contributed by atoms with van der Waals surface area (Å²) in [5, 5.41) is 4.52. The van der Waals surface area contributed by atoms with Crippen LogP contribution in [0.15, 0.2) is 30.6 Å². The molecular weight excluding hydrogens is 303 g/mol. The summed E-state index contributed by atoms with van der Waals surface area (Å²) in [7, 11) is 1.85. The molecule has 0 aliphatic carbocycles. The van der Waals surface area contributed by atoms with Crippen molar-refractivity contribution in [3.63, 3.8) is 0 Å². The molecule has 0 spiro atoms. The lowest BCUT2D eigenvalue weighted by atomic mass is 10.2. The predicted molar refractivity (Wildman–Crippen MR) is 77.6 cm³/mol. The number of aryl methyl sites for hydroxylation is 1. The first-order chi connectivity index (χ1) is 9.11. The summed E-state index contributed by atoms with van der Waals surface area (Å²) in [5.41, 5.74) is 1.64. The molecule has 0 saturated carbocycles. The topological polar surface area (TPSA) is 43.6 Å². The van der Waals surface area contributed by atoms with Gasteiger partial charge >= 0.3 is 0 Å². The Morgan fingerprint density at radius 2 is 2.05 bits per heavy atom. The summed E-state index contributed by atoms with van der Waals surface area (Å²) in [5.74, 6) is 0.572. The molecule has 3 aromatic rings. The molecule has 0 bridgehead atoms. The summed E-state index contributed by atoms with van der Waals surface area (Å²) in [6, 6.07) is 5.42. The van der Waals surface area contributed by atoms with E-state index in [4.69, 9.17) is 23.2 Å². The summed E-state index contributed by atoms with van der Waals surface area (Å²) in [6.07, 6.45) is 3.62. The third kappa shape index (κ3) is 2.63. The monoisotopic (exact) mass is 310 g/mol. The molecule has 0 atom stereocenters. The van der Waals surface area contributed by atoms with Gasteiger partial charge in [-0.05, 0) is 12.1 Å². The Morgan fingerprint density at radius 3 is 2.68 bits per heavy atom. The van der Waals surface area contributed by atoms with Gasteiger partial charge in [0.2, 0.25) is 0 Å². The molecule has 96 valence electrons. The largest absolute Gasteiger partial charge is 0.275 e. The Labute approximate surface area is 123 Å². The molecule has 3 aromatic heterocycles. The van der Waals surface area contributed by atoms with Gasteiger partial charge in [-0.1, -0.05) is 23.2 Å². The first-order valence-electron chi connectivity index (χ1n) is 5.41. The van der Waals surface area contributed by atoms with E-state index in [1.165, 1.54) is 11.3 Å². The number of rotatable bonds is 2. The highest BCUT2D eigenvalue weighted by Gasteiger charge is 2.10. The van der Waals surface area contributed by atoms with E-state index >= 15 is 0 Å². The highest BCUT2D eigenvalue weighted by atomic mass is 35.5. The van der Waals surface area contributed by atoms with Crippen LogP contribution in [0.5, 0.6) is 0 Å². The zero-order valence-corrected chi connectivity index (χ0v) is 12.2.